The lowest BCUT2D eigenvalue weighted by atomic mass is 10.2. The van der Waals surface area contributed by atoms with Crippen molar-refractivity contribution in [1.29, 1.82) is 0 Å². The molecule has 21 heavy (non-hydrogen) atoms. The molecule has 8 heteroatoms. The van der Waals surface area contributed by atoms with Gasteiger partial charge in [-0.05, 0) is 44.0 Å². The van der Waals surface area contributed by atoms with Crippen LogP contribution in [0.4, 0.5) is 5.69 Å². The van der Waals surface area contributed by atoms with Crippen LogP contribution in [0.5, 0.6) is 11.5 Å². The van der Waals surface area contributed by atoms with Crippen molar-refractivity contribution in [3.05, 3.63) is 60.0 Å². The zero-order chi connectivity index (χ0) is 15.6. The topological polar surface area (TPSA) is 78.4 Å². The van der Waals surface area contributed by atoms with Crippen LogP contribution in [0.2, 0.25) is 5.02 Å². The fourth-order valence-electron chi connectivity index (χ4n) is 1.65. The van der Waals surface area contributed by atoms with E-state index in [1.54, 1.807) is 18.2 Å². The third-order valence-electron chi connectivity index (χ3n) is 2.66. The summed E-state index contributed by atoms with van der Waals surface area (Å²) in [6, 6.07) is 7.87. The number of hydrogen-bond acceptors (Lipinski definition) is 4. The van der Waals surface area contributed by atoms with E-state index in [4.69, 9.17) is 22.1 Å². The van der Waals surface area contributed by atoms with E-state index in [0.29, 0.717) is 25.5 Å². The van der Waals surface area contributed by atoms with Crippen LogP contribution in [-0.4, -0.2) is 4.92 Å². The normalized spacial score (nSPS) is 10.5. The molecule has 0 aliphatic heterocycles. The van der Waals surface area contributed by atoms with Crippen molar-refractivity contribution in [2.75, 3.05) is 0 Å². The van der Waals surface area contributed by atoms with Crippen molar-refractivity contribution in [3.8, 4) is 11.5 Å². The Hall–Kier alpha value is -1.15. The number of halogens is 3. The molecule has 0 aliphatic carbocycles. The summed E-state index contributed by atoms with van der Waals surface area (Å²) in [4.78, 5) is 10.3. The van der Waals surface area contributed by atoms with Crippen LogP contribution in [0.1, 0.15) is 5.56 Å². The highest BCUT2D eigenvalue weighted by Crippen LogP contribution is 2.40. The van der Waals surface area contributed by atoms with Crippen molar-refractivity contribution in [2.24, 2.45) is 5.73 Å². The predicted octanol–water partition coefficient (Wildman–Crippen LogP) is 5.02. The summed E-state index contributed by atoms with van der Waals surface area (Å²) in [7, 11) is 0. The molecule has 0 aromatic heterocycles. The number of nitrogens with zero attached hydrogens (tertiary/aromatic N) is 1. The van der Waals surface area contributed by atoms with Crippen LogP contribution < -0.4 is 10.5 Å². The van der Waals surface area contributed by atoms with Crippen LogP contribution >= 0.6 is 43.5 Å². The Morgan fingerprint density at radius 1 is 1.24 bits per heavy atom. The minimum atomic E-state index is -0.482. The van der Waals surface area contributed by atoms with Crippen LogP contribution in [0.15, 0.2) is 39.3 Å². The van der Waals surface area contributed by atoms with Crippen molar-refractivity contribution in [1.82, 2.24) is 0 Å². The summed E-state index contributed by atoms with van der Waals surface area (Å²) < 4.78 is 6.70. The minimum absolute atomic E-state index is 0.0498. The fourth-order valence-corrected chi connectivity index (χ4v) is 3.14. The lowest BCUT2D eigenvalue weighted by molar-refractivity contribution is -0.385. The highest BCUT2D eigenvalue weighted by Gasteiger charge is 2.17. The van der Waals surface area contributed by atoms with Gasteiger partial charge < -0.3 is 10.5 Å². The molecule has 2 aromatic carbocycles. The fraction of sp³-hybridized carbons (Fsp3) is 0.0769. The monoisotopic (exact) mass is 434 g/mol. The lowest BCUT2D eigenvalue weighted by Gasteiger charge is -2.13. The van der Waals surface area contributed by atoms with Gasteiger partial charge >= 0.3 is 0 Å². The summed E-state index contributed by atoms with van der Waals surface area (Å²) >= 11 is 12.5. The Bertz CT molecular complexity index is 687. The van der Waals surface area contributed by atoms with Crippen LogP contribution in [-0.2, 0) is 6.54 Å². The minimum Gasteiger partial charge on any atom is -0.455 e. The van der Waals surface area contributed by atoms with E-state index >= 15 is 0 Å². The Balaban J connectivity index is 2.45. The molecule has 0 saturated carbocycles. The van der Waals surface area contributed by atoms with Gasteiger partial charge in [-0.25, -0.2) is 0 Å². The van der Waals surface area contributed by atoms with Gasteiger partial charge in [-0.15, -0.1) is 0 Å². The van der Waals surface area contributed by atoms with Crippen LogP contribution in [0, 0.1) is 10.1 Å². The summed E-state index contributed by atoms with van der Waals surface area (Å²) in [6.45, 7) is 0.286. The maximum Gasteiger partial charge on any atom is 0.271 e. The van der Waals surface area contributed by atoms with Crippen LogP contribution in [0.25, 0.3) is 0 Å². The Labute approximate surface area is 142 Å². The third-order valence-corrected chi connectivity index (χ3v) is 4.07. The number of nitro benzene ring substituents is 1. The maximum atomic E-state index is 10.8. The van der Waals surface area contributed by atoms with E-state index in [0.717, 1.165) is 5.56 Å². The molecular weight excluding hydrogens is 427 g/mol. The number of ether oxygens (including phenoxy) is 1. The zero-order valence-corrected chi connectivity index (χ0v) is 14.4. The highest BCUT2D eigenvalue weighted by molar-refractivity contribution is 9.11. The average Bonchev–Trinajstić information content (AvgIpc) is 2.42. The van der Waals surface area contributed by atoms with E-state index in [2.05, 4.69) is 31.9 Å². The molecule has 0 unspecified atom stereocenters. The molecule has 0 saturated heterocycles. The Morgan fingerprint density at radius 3 is 2.38 bits per heavy atom. The number of hydrogen-bond donors (Lipinski definition) is 1. The molecule has 2 rings (SSSR count). The predicted molar refractivity (Wildman–Crippen MR) is 87.9 cm³/mol. The molecule has 0 heterocycles. The SMILES string of the molecule is NCc1ccc(Cl)cc1Oc1c(Br)cc([N+](=O)[O-])cc1Br. The Kier molecular flexibility index (Phi) is 5.21. The molecule has 0 atom stereocenters. The van der Waals surface area contributed by atoms with Gasteiger partial charge in [-0.2, -0.15) is 0 Å². The van der Waals surface area contributed by atoms with E-state index in [1.165, 1.54) is 12.1 Å². The second kappa shape index (κ2) is 6.74. The molecular formula is C13H9Br2ClN2O3. The summed E-state index contributed by atoms with van der Waals surface area (Å²) in [5.41, 5.74) is 6.38. The van der Waals surface area contributed by atoms with Crippen molar-refractivity contribution >= 4 is 49.1 Å². The molecule has 0 aliphatic rings. The van der Waals surface area contributed by atoms with Gasteiger partial charge in [-0.3, -0.25) is 10.1 Å². The van der Waals surface area contributed by atoms with Crippen molar-refractivity contribution < 1.29 is 9.66 Å². The van der Waals surface area contributed by atoms with E-state index < -0.39 is 4.92 Å². The highest BCUT2D eigenvalue weighted by atomic mass is 79.9. The molecule has 0 fully saturated rings. The number of benzene rings is 2. The Morgan fingerprint density at radius 2 is 1.86 bits per heavy atom. The summed E-state index contributed by atoms with van der Waals surface area (Å²) in [6.07, 6.45) is 0. The number of rotatable bonds is 4. The van der Waals surface area contributed by atoms with Gasteiger partial charge in [0, 0.05) is 29.3 Å². The molecule has 0 bridgehead atoms. The van der Waals surface area contributed by atoms with Gasteiger partial charge in [0.25, 0.3) is 5.69 Å². The number of nitrogens with two attached hydrogens (primary N) is 1. The van der Waals surface area contributed by atoms with Gasteiger partial charge in [0.15, 0.2) is 5.75 Å². The summed E-state index contributed by atoms with van der Waals surface area (Å²) in [5.74, 6) is 0.915. The molecule has 2 aromatic rings. The lowest BCUT2D eigenvalue weighted by Crippen LogP contribution is -2.00. The van der Waals surface area contributed by atoms with Gasteiger partial charge in [0.05, 0.1) is 13.9 Å². The molecule has 5 nitrogen and oxygen atoms in total. The van der Waals surface area contributed by atoms with Crippen molar-refractivity contribution in [2.45, 2.75) is 6.54 Å². The van der Waals surface area contributed by atoms with Gasteiger partial charge in [-0.1, -0.05) is 17.7 Å². The first-order valence-electron chi connectivity index (χ1n) is 5.72. The van der Waals surface area contributed by atoms with Gasteiger partial charge in [0.2, 0.25) is 0 Å². The number of nitro groups is 1. The zero-order valence-electron chi connectivity index (χ0n) is 10.5. The maximum absolute atomic E-state index is 10.8. The van der Waals surface area contributed by atoms with Crippen LogP contribution in [0.3, 0.4) is 0 Å². The standard InChI is InChI=1S/C13H9Br2ClN2O3/c14-10-4-9(18(19)20)5-11(15)13(10)21-12-3-8(16)2-1-7(12)6-17/h1-5H,6,17H2. The van der Waals surface area contributed by atoms with E-state index in [1.807, 2.05) is 0 Å². The van der Waals surface area contributed by atoms with E-state index in [-0.39, 0.29) is 12.2 Å². The molecule has 2 N–H and O–H groups in total. The molecule has 0 amide bonds. The number of non-ortho nitro benzene ring substituents is 1. The third kappa shape index (κ3) is 3.74. The molecule has 0 radical (unpaired) electrons. The average molecular weight is 436 g/mol. The van der Waals surface area contributed by atoms with Crippen molar-refractivity contribution in [3.63, 3.8) is 0 Å². The second-order valence-electron chi connectivity index (χ2n) is 4.05. The first-order chi connectivity index (χ1) is 9.92. The second-order valence-corrected chi connectivity index (χ2v) is 6.20. The first kappa shape index (κ1) is 16.2. The first-order valence-corrected chi connectivity index (χ1v) is 7.68. The van der Waals surface area contributed by atoms with E-state index in [9.17, 15) is 10.1 Å². The largest absolute Gasteiger partial charge is 0.455 e. The molecule has 0 spiro atoms. The smallest absolute Gasteiger partial charge is 0.271 e. The summed E-state index contributed by atoms with van der Waals surface area (Å²) in [5, 5.41) is 11.3. The molecule has 110 valence electrons. The van der Waals surface area contributed by atoms with Gasteiger partial charge in [0.1, 0.15) is 5.75 Å². The quantitative estimate of drug-likeness (QED) is 0.539.